The van der Waals surface area contributed by atoms with Gasteiger partial charge in [0.25, 0.3) is 11.8 Å². The van der Waals surface area contributed by atoms with E-state index in [0.29, 0.717) is 24.3 Å². The second kappa shape index (κ2) is 11.0. The van der Waals surface area contributed by atoms with Crippen molar-refractivity contribution in [2.45, 2.75) is 51.7 Å². The van der Waals surface area contributed by atoms with Crippen molar-refractivity contribution < 1.29 is 19.4 Å². The average molecular weight is 479 g/mol. The molecule has 0 unspecified atom stereocenters. The molecule has 0 radical (unpaired) electrons. The fourth-order valence-electron chi connectivity index (χ4n) is 4.63. The number of amides is 2. The van der Waals surface area contributed by atoms with E-state index in [0.717, 1.165) is 24.8 Å². The first-order chi connectivity index (χ1) is 16.9. The fourth-order valence-corrected chi connectivity index (χ4v) is 4.63. The minimum atomic E-state index is -0.403. The molecule has 3 atom stereocenters. The van der Waals surface area contributed by atoms with Crippen molar-refractivity contribution in [3.63, 3.8) is 0 Å². The Hall–Kier alpha value is -3.26. The third-order valence-corrected chi connectivity index (χ3v) is 6.87. The fraction of sp³-hybridized carbons (Fsp3) is 0.481. The van der Waals surface area contributed by atoms with Crippen LogP contribution in [0.15, 0.2) is 42.7 Å². The van der Waals surface area contributed by atoms with Crippen LogP contribution in [0.25, 0.3) is 5.57 Å². The van der Waals surface area contributed by atoms with Crippen molar-refractivity contribution in [1.82, 2.24) is 19.8 Å². The Morgan fingerprint density at radius 3 is 2.83 bits per heavy atom. The van der Waals surface area contributed by atoms with Crippen LogP contribution in [0.2, 0.25) is 0 Å². The Labute approximate surface area is 206 Å². The molecular formula is C27H34N4O4. The quantitative estimate of drug-likeness (QED) is 0.684. The summed E-state index contributed by atoms with van der Waals surface area (Å²) in [5, 5.41) is 9.86. The van der Waals surface area contributed by atoms with Crippen LogP contribution in [0.3, 0.4) is 0 Å². The van der Waals surface area contributed by atoms with Crippen molar-refractivity contribution in [1.29, 1.82) is 0 Å². The van der Waals surface area contributed by atoms with Crippen molar-refractivity contribution in [2.24, 2.45) is 5.92 Å². The Kier molecular flexibility index (Phi) is 7.80. The lowest BCUT2D eigenvalue weighted by atomic mass is 9.93. The number of likely N-dealkylation sites (N-methyl/N-ethyl adjacent to an activating group) is 1. The lowest BCUT2D eigenvalue weighted by Crippen LogP contribution is -2.50. The number of nitrogens with zero attached hydrogens (tertiary/aromatic N) is 4. The van der Waals surface area contributed by atoms with Gasteiger partial charge in [-0.2, -0.15) is 0 Å². The van der Waals surface area contributed by atoms with Crippen LogP contribution in [0.1, 0.15) is 65.9 Å². The van der Waals surface area contributed by atoms with E-state index in [2.05, 4.69) is 16.0 Å². The van der Waals surface area contributed by atoms with Crippen LogP contribution in [-0.2, 0) is 0 Å². The van der Waals surface area contributed by atoms with Crippen LogP contribution < -0.4 is 4.74 Å². The molecule has 0 saturated heterocycles. The van der Waals surface area contributed by atoms with Gasteiger partial charge in [-0.25, -0.2) is 4.98 Å². The lowest BCUT2D eigenvalue weighted by molar-refractivity contribution is 0.0312. The number of fused-ring (bicyclic) bond motifs is 1. The van der Waals surface area contributed by atoms with Gasteiger partial charge in [-0.05, 0) is 61.9 Å². The van der Waals surface area contributed by atoms with E-state index in [-0.39, 0.29) is 36.3 Å². The highest BCUT2D eigenvalue weighted by molar-refractivity contribution is 5.97. The number of aromatic nitrogens is 2. The molecule has 1 aliphatic heterocycles. The van der Waals surface area contributed by atoms with E-state index in [1.807, 2.05) is 19.9 Å². The number of rotatable bonds is 6. The smallest absolute Gasteiger partial charge is 0.272 e. The molecule has 3 heterocycles. The van der Waals surface area contributed by atoms with E-state index in [9.17, 15) is 14.7 Å². The highest BCUT2D eigenvalue weighted by Crippen LogP contribution is 2.32. The molecule has 0 aromatic carbocycles. The predicted octanol–water partition coefficient (Wildman–Crippen LogP) is 3.43. The average Bonchev–Trinajstić information content (AvgIpc) is 2.90. The van der Waals surface area contributed by atoms with Crippen LogP contribution in [0.4, 0.5) is 0 Å². The van der Waals surface area contributed by atoms with E-state index in [1.165, 1.54) is 12.0 Å². The lowest BCUT2D eigenvalue weighted by Gasteiger charge is -2.37. The Bertz CT molecular complexity index is 1090. The first-order valence-electron chi connectivity index (χ1n) is 12.3. The number of hydrogen-bond acceptors (Lipinski definition) is 6. The van der Waals surface area contributed by atoms with Gasteiger partial charge in [0.2, 0.25) is 5.88 Å². The summed E-state index contributed by atoms with van der Waals surface area (Å²) in [6.45, 7) is 4.37. The molecule has 4 rings (SSSR count). The van der Waals surface area contributed by atoms with Crippen LogP contribution >= 0.6 is 0 Å². The molecule has 35 heavy (non-hydrogen) atoms. The van der Waals surface area contributed by atoms with Gasteiger partial charge in [0.1, 0.15) is 17.4 Å². The molecule has 1 N–H and O–H groups in total. The molecule has 8 heteroatoms. The topological polar surface area (TPSA) is 95.9 Å². The molecule has 0 fully saturated rings. The normalized spacial score (nSPS) is 21.2. The molecule has 0 saturated carbocycles. The predicted molar refractivity (Wildman–Crippen MR) is 133 cm³/mol. The summed E-state index contributed by atoms with van der Waals surface area (Å²) in [6, 6.07) is 6.74. The minimum Gasteiger partial charge on any atom is -0.472 e. The summed E-state index contributed by atoms with van der Waals surface area (Å²) in [5.74, 6) is -0.244. The summed E-state index contributed by atoms with van der Waals surface area (Å²) in [6.07, 6.45) is 9.48. The summed E-state index contributed by atoms with van der Waals surface area (Å²) >= 11 is 0. The molecule has 0 spiro atoms. The number of allylic oxidation sites excluding steroid dienone is 2. The zero-order valence-corrected chi connectivity index (χ0v) is 20.7. The number of pyridine rings is 2. The van der Waals surface area contributed by atoms with E-state index in [1.54, 1.807) is 47.4 Å². The minimum absolute atomic E-state index is 0.109. The maximum atomic E-state index is 13.6. The standard InChI is InChI=1S/C27H34N4O4/c1-18-15-31(19(2)17-32)26(33)22-13-21(20-9-5-4-6-10-20)14-29-25(22)35-24(18)16-30(3)27(34)23-11-7-8-12-28-23/h7-9,11-14,18-19,24,32H,4-6,10,15-17H2,1-3H3/t18-,19+,24+/m0/s1. The van der Waals surface area contributed by atoms with E-state index >= 15 is 0 Å². The molecule has 2 aromatic rings. The summed E-state index contributed by atoms with van der Waals surface area (Å²) < 4.78 is 6.33. The number of aliphatic hydroxyl groups is 1. The Morgan fingerprint density at radius 1 is 1.31 bits per heavy atom. The molecular weight excluding hydrogens is 444 g/mol. The Morgan fingerprint density at radius 2 is 2.14 bits per heavy atom. The number of hydrogen-bond donors (Lipinski definition) is 1. The van der Waals surface area contributed by atoms with Gasteiger partial charge in [-0.15, -0.1) is 0 Å². The second-order valence-corrected chi connectivity index (χ2v) is 9.58. The van der Waals surface area contributed by atoms with Crippen molar-refractivity contribution in [2.75, 3.05) is 26.7 Å². The van der Waals surface area contributed by atoms with Gasteiger partial charge in [-0.3, -0.25) is 14.6 Å². The summed E-state index contributed by atoms with van der Waals surface area (Å²) in [4.78, 5) is 38.5. The van der Waals surface area contributed by atoms with Crippen molar-refractivity contribution >= 4 is 17.4 Å². The first kappa shape index (κ1) is 24.9. The van der Waals surface area contributed by atoms with Gasteiger partial charge in [-0.1, -0.05) is 19.1 Å². The first-order valence-corrected chi connectivity index (χ1v) is 12.3. The van der Waals surface area contributed by atoms with Gasteiger partial charge in [0.05, 0.1) is 19.2 Å². The maximum absolute atomic E-state index is 13.6. The third-order valence-electron chi connectivity index (χ3n) is 6.87. The van der Waals surface area contributed by atoms with Gasteiger partial charge >= 0.3 is 0 Å². The second-order valence-electron chi connectivity index (χ2n) is 9.58. The van der Waals surface area contributed by atoms with Crippen LogP contribution in [0.5, 0.6) is 5.88 Å². The molecule has 186 valence electrons. The maximum Gasteiger partial charge on any atom is 0.272 e. The van der Waals surface area contributed by atoms with Gasteiger partial charge < -0.3 is 19.6 Å². The molecule has 0 bridgehead atoms. The van der Waals surface area contributed by atoms with Crippen molar-refractivity contribution in [3.8, 4) is 5.88 Å². The SMILES string of the molecule is C[C@H](CO)N1C[C@H](C)[C@@H](CN(C)C(=O)c2ccccn2)Oc2ncc(C3=CCCCC3)cc2C1=O. The van der Waals surface area contributed by atoms with Crippen LogP contribution in [0, 0.1) is 5.92 Å². The van der Waals surface area contributed by atoms with Crippen LogP contribution in [-0.4, -0.2) is 75.6 Å². The molecule has 8 nitrogen and oxygen atoms in total. The summed E-state index contributed by atoms with van der Waals surface area (Å²) in [5.41, 5.74) is 2.89. The van der Waals surface area contributed by atoms with Gasteiger partial charge in [0.15, 0.2) is 0 Å². The number of carbonyl (C=O) groups excluding carboxylic acids is 2. The van der Waals surface area contributed by atoms with Gasteiger partial charge in [0, 0.05) is 31.9 Å². The molecule has 1 aliphatic carbocycles. The third kappa shape index (κ3) is 5.53. The zero-order valence-electron chi connectivity index (χ0n) is 20.7. The largest absolute Gasteiger partial charge is 0.472 e. The highest BCUT2D eigenvalue weighted by atomic mass is 16.5. The molecule has 2 aliphatic rings. The van der Waals surface area contributed by atoms with E-state index < -0.39 is 6.10 Å². The molecule has 2 aromatic heterocycles. The monoisotopic (exact) mass is 478 g/mol. The molecule has 2 amide bonds. The summed E-state index contributed by atoms with van der Waals surface area (Å²) in [7, 11) is 1.72. The zero-order chi connectivity index (χ0) is 24.9. The number of carbonyl (C=O) groups is 2. The Balaban J connectivity index is 1.66. The highest BCUT2D eigenvalue weighted by Gasteiger charge is 2.35. The van der Waals surface area contributed by atoms with E-state index in [4.69, 9.17) is 4.74 Å². The number of ether oxygens (including phenoxy) is 1. The van der Waals surface area contributed by atoms with Crippen molar-refractivity contribution in [3.05, 3.63) is 59.6 Å². The number of aliphatic hydroxyl groups excluding tert-OH is 1.